The number of nitrogens with two attached hydrogens (primary N) is 1. The molecule has 15 heavy (non-hydrogen) atoms. The van der Waals surface area contributed by atoms with E-state index in [1.54, 1.807) is 0 Å². The fraction of sp³-hybridized carbons (Fsp3) is 0.800. The molecule has 0 bridgehead atoms. The van der Waals surface area contributed by atoms with Gasteiger partial charge in [0.15, 0.2) is 0 Å². The summed E-state index contributed by atoms with van der Waals surface area (Å²) in [4.78, 5) is 22.6. The monoisotopic (exact) mass is 214 g/mol. The molecule has 5 nitrogen and oxygen atoms in total. The lowest BCUT2D eigenvalue weighted by atomic mass is 9.92. The smallest absolute Gasteiger partial charge is 0.322 e. The van der Waals surface area contributed by atoms with Gasteiger partial charge in [-0.2, -0.15) is 0 Å². The molecule has 1 aliphatic heterocycles. The first-order chi connectivity index (χ1) is 6.85. The first-order valence-electron chi connectivity index (χ1n) is 5.01. The number of ether oxygens (including phenoxy) is 1. The van der Waals surface area contributed by atoms with Crippen LogP contribution in [0.3, 0.4) is 0 Å². The van der Waals surface area contributed by atoms with Crippen molar-refractivity contribution in [3.8, 4) is 0 Å². The molecule has 86 valence electrons. The molecule has 1 heterocycles. The highest BCUT2D eigenvalue weighted by Gasteiger charge is 2.38. The second-order valence-electron chi connectivity index (χ2n) is 4.64. The highest BCUT2D eigenvalue weighted by molar-refractivity contribution is 5.83. The van der Waals surface area contributed by atoms with E-state index < -0.39 is 12.0 Å². The molecule has 0 aliphatic carbocycles. The SMILES string of the molecule is COC(=O)C(N)C[C@@H]1CC(C)(C)NC1=O. The molecule has 0 radical (unpaired) electrons. The third kappa shape index (κ3) is 2.92. The molecule has 1 saturated heterocycles. The van der Waals surface area contributed by atoms with Crippen LogP contribution in [0.1, 0.15) is 26.7 Å². The fourth-order valence-corrected chi connectivity index (χ4v) is 1.94. The summed E-state index contributed by atoms with van der Waals surface area (Å²) in [5.74, 6) is -0.680. The number of rotatable bonds is 3. The van der Waals surface area contributed by atoms with E-state index in [-0.39, 0.29) is 17.4 Å². The van der Waals surface area contributed by atoms with Gasteiger partial charge in [-0.15, -0.1) is 0 Å². The van der Waals surface area contributed by atoms with Gasteiger partial charge in [-0.25, -0.2) is 0 Å². The Labute approximate surface area is 89.3 Å². The summed E-state index contributed by atoms with van der Waals surface area (Å²) in [6.07, 6.45) is 1.05. The van der Waals surface area contributed by atoms with Crippen LogP contribution >= 0.6 is 0 Å². The van der Waals surface area contributed by atoms with Gasteiger partial charge in [-0.1, -0.05) is 0 Å². The Kier molecular flexibility index (Phi) is 3.34. The zero-order valence-electron chi connectivity index (χ0n) is 9.37. The van der Waals surface area contributed by atoms with Gasteiger partial charge in [0.25, 0.3) is 0 Å². The van der Waals surface area contributed by atoms with Crippen molar-refractivity contribution in [2.24, 2.45) is 11.7 Å². The first kappa shape index (κ1) is 12.0. The minimum absolute atomic E-state index is 0.0284. The molecule has 1 unspecified atom stereocenters. The third-order valence-corrected chi connectivity index (χ3v) is 2.63. The molecule has 1 rings (SSSR count). The van der Waals surface area contributed by atoms with Crippen molar-refractivity contribution in [1.82, 2.24) is 5.32 Å². The van der Waals surface area contributed by atoms with Gasteiger partial charge in [0, 0.05) is 11.5 Å². The van der Waals surface area contributed by atoms with Crippen molar-refractivity contribution in [2.45, 2.75) is 38.3 Å². The lowest BCUT2D eigenvalue weighted by Gasteiger charge is -2.17. The molecule has 1 amide bonds. The summed E-state index contributed by atoms with van der Waals surface area (Å²) in [6, 6.07) is -0.709. The summed E-state index contributed by atoms with van der Waals surface area (Å²) in [6.45, 7) is 3.91. The Morgan fingerprint density at radius 2 is 2.33 bits per heavy atom. The van der Waals surface area contributed by atoms with Crippen molar-refractivity contribution < 1.29 is 14.3 Å². The molecule has 0 aromatic rings. The number of esters is 1. The number of hydrogen-bond acceptors (Lipinski definition) is 4. The molecule has 2 atom stereocenters. The molecule has 0 saturated carbocycles. The number of carbonyl (C=O) groups is 2. The van der Waals surface area contributed by atoms with E-state index in [0.717, 1.165) is 0 Å². The van der Waals surface area contributed by atoms with E-state index in [1.165, 1.54) is 7.11 Å². The fourth-order valence-electron chi connectivity index (χ4n) is 1.94. The zero-order chi connectivity index (χ0) is 11.6. The van der Waals surface area contributed by atoms with Crippen LogP contribution in [0.4, 0.5) is 0 Å². The van der Waals surface area contributed by atoms with E-state index in [4.69, 9.17) is 5.73 Å². The van der Waals surface area contributed by atoms with Crippen molar-refractivity contribution in [3.63, 3.8) is 0 Å². The van der Waals surface area contributed by atoms with Gasteiger partial charge in [0.2, 0.25) is 5.91 Å². The average molecular weight is 214 g/mol. The molecular weight excluding hydrogens is 196 g/mol. The first-order valence-corrected chi connectivity index (χ1v) is 5.01. The van der Waals surface area contributed by atoms with Crippen LogP contribution in [0.25, 0.3) is 0 Å². The number of hydrogen-bond donors (Lipinski definition) is 2. The minimum atomic E-state index is -0.709. The van der Waals surface area contributed by atoms with Crippen molar-refractivity contribution >= 4 is 11.9 Å². The highest BCUT2D eigenvalue weighted by Crippen LogP contribution is 2.27. The average Bonchev–Trinajstić information content (AvgIpc) is 2.38. The van der Waals surface area contributed by atoms with E-state index in [1.807, 2.05) is 13.8 Å². The second kappa shape index (κ2) is 4.18. The van der Waals surface area contributed by atoms with Gasteiger partial charge >= 0.3 is 5.97 Å². The Morgan fingerprint density at radius 3 is 2.73 bits per heavy atom. The molecule has 5 heteroatoms. The summed E-state index contributed by atoms with van der Waals surface area (Å²) in [5.41, 5.74) is 5.41. The third-order valence-electron chi connectivity index (χ3n) is 2.63. The maximum atomic E-state index is 11.5. The molecule has 3 N–H and O–H groups in total. The van der Waals surface area contributed by atoms with E-state index in [2.05, 4.69) is 10.1 Å². The van der Waals surface area contributed by atoms with Crippen molar-refractivity contribution in [3.05, 3.63) is 0 Å². The zero-order valence-corrected chi connectivity index (χ0v) is 9.37. The standard InChI is InChI=1S/C10H18N2O3/c1-10(2)5-6(8(13)12-10)4-7(11)9(14)15-3/h6-7H,4-5,11H2,1-3H3,(H,12,13)/t6-,7?/m1/s1. The predicted molar refractivity (Wildman–Crippen MR) is 54.9 cm³/mol. The maximum Gasteiger partial charge on any atom is 0.322 e. The second-order valence-corrected chi connectivity index (χ2v) is 4.64. The summed E-state index contributed by atoms with van der Waals surface area (Å²) in [5, 5.41) is 2.86. The van der Waals surface area contributed by atoms with Crippen LogP contribution in [0.5, 0.6) is 0 Å². The molecule has 0 spiro atoms. The highest BCUT2D eigenvalue weighted by atomic mass is 16.5. The lowest BCUT2D eigenvalue weighted by molar-refractivity contribution is -0.142. The number of nitrogens with one attached hydrogen (secondary N) is 1. The lowest BCUT2D eigenvalue weighted by Crippen LogP contribution is -2.36. The molecule has 0 aromatic heterocycles. The Bertz CT molecular complexity index is 276. The summed E-state index contributed by atoms with van der Waals surface area (Å²) < 4.78 is 4.51. The molecule has 1 aliphatic rings. The van der Waals surface area contributed by atoms with Gasteiger partial charge in [0.1, 0.15) is 6.04 Å². The Balaban J connectivity index is 2.53. The maximum absolute atomic E-state index is 11.5. The van der Waals surface area contributed by atoms with Gasteiger partial charge in [-0.3, -0.25) is 9.59 Å². The largest absolute Gasteiger partial charge is 0.468 e. The van der Waals surface area contributed by atoms with Gasteiger partial charge in [0.05, 0.1) is 7.11 Å². The number of amides is 1. The normalized spacial score (nSPS) is 25.9. The van der Waals surface area contributed by atoms with E-state index in [0.29, 0.717) is 12.8 Å². The Hall–Kier alpha value is -1.10. The summed E-state index contributed by atoms with van der Waals surface area (Å²) in [7, 11) is 1.29. The topological polar surface area (TPSA) is 81.4 Å². The summed E-state index contributed by atoms with van der Waals surface area (Å²) >= 11 is 0. The van der Waals surface area contributed by atoms with Crippen LogP contribution in [0, 0.1) is 5.92 Å². The van der Waals surface area contributed by atoms with E-state index in [9.17, 15) is 9.59 Å². The van der Waals surface area contributed by atoms with E-state index >= 15 is 0 Å². The molecule has 0 aromatic carbocycles. The predicted octanol–water partition coefficient (Wildman–Crippen LogP) is -0.208. The van der Waals surface area contributed by atoms with Crippen molar-refractivity contribution in [2.75, 3.05) is 7.11 Å². The Morgan fingerprint density at radius 1 is 1.73 bits per heavy atom. The van der Waals surface area contributed by atoms with Gasteiger partial charge < -0.3 is 15.8 Å². The van der Waals surface area contributed by atoms with Crippen molar-refractivity contribution in [1.29, 1.82) is 0 Å². The molecular formula is C10H18N2O3. The van der Waals surface area contributed by atoms with Gasteiger partial charge in [-0.05, 0) is 26.7 Å². The quantitative estimate of drug-likeness (QED) is 0.637. The van der Waals surface area contributed by atoms with Crippen LogP contribution in [0.15, 0.2) is 0 Å². The molecule has 1 fully saturated rings. The number of carbonyl (C=O) groups excluding carboxylic acids is 2. The minimum Gasteiger partial charge on any atom is -0.468 e. The number of methoxy groups -OCH3 is 1. The van der Waals surface area contributed by atoms with Crippen LogP contribution in [-0.4, -0.2) is 30.6 Å². The van der Waals surface area contributed by atoms with Crippen LogP contribution in [-0.2, 0) is 14.3 Å². The van der Waals surface area contributed by atoms with Crippen LogP contribution < -0.4 is 11.1 Å². The van der Waals surface area contributed by atoms with Crippen LogP contribution in [0.2, 0.25) is 0 Å².